The van der Waals surface area contributed by atoms with Crippen LogP contribution in [0.3, 0.4) is 0 Å². The van der Waals surface area contributed by atoms with E-state index in [0.29, 0.717) is 33.5 Å². The zero-order valence-corrected chi connectivity index (χ0v) is 20.4. The first-order chi connectivity index (χ1) is 16.5. The van der Waals surface area contributed by atoms with E-state index < -0.39 is 0 Å². The van der Waals surface area contributed by atoms with E-state index in [-0.39, 0.29) is 5.91 Å². The van der Waals surface area contributed by atoms with Crippen molar-refractivity contribution in [2.24, 2.45) is 5.10 Å². The maximum atomic E-state index is 12.5. The summed E-state index contributed by atoms with van der Waals surface area (Å²) in [5, 5.41) is 11.3. The zero-order chi connectivity index (χ0) is 23.9. The molecule has 0 bridgehead atoms. The second kappa shape index (κ2) is 11.2. The third kappa shape index (κ3) is 6.14. The van der Waals surface area contributed by atoms with Gasteiger partial charge in [0.25, 0.3) is 5.91 Å². The molecule has 0 aliphatic rings. The van der Waals surface area contributed by atoms with Crippen LogP contribution in [0.1, 0.15) is 22.8 Å². The van der Waals surface area contributed by atoms with E-state index in [0.717, 1.165) is 22.1 Å². The average molecular weight is 511 g/mol. The minimum absolute atomic E-state index is 0.328. The number of aromatic nitrogens is 1. The van der Waals surface area contributed by atoms with Crippen LogP contribution in [0.4, 0.5) is 10.8 Å². The highest BCUT2D eigenvalue weighted by molar-refractivity contribution is 7.14. The topological polar surface area (TPSA) is 75.6 Å². The van der Waals surface area contributed by atoms with Crippen molar-refractivity contribution in [3.05, 3.63) is 93.3 Å². The quantitative estimate of drug-likeness (QED) is 0.197. The van der Waals surface area contributed by atoms with E-state index in [4.69, 9.17) is 27.9 Å². The predicted octanol–water partition coefficient (Wildman–Crippen LogP) is 7.02. The number of nitrogens with one attached hydrogen (secondary N) is 2. The molecule has 1 amide bonds. The Morgan fingerprint density at radius 2 is 1.79 bits per heavy atom. The fourth-order valence-electron chi connectivity index (χ4n) is 3.04. The Morgan fingerprint density at radius 3 is 2.53 bits per heavy atom. The zero-order valence-electron chi connectivity index (χ0n) is 18.1. The van der Waals surface area contributed by atoms with Gasteiger partial charge in [0, 0.05) is 37.8 Å². The Labute approximate surface area is 211 Å². The summed E-state index contributed by atoms with van der Waals surface area (Å²) in [6.45, 7) is 2.41. The van der Waals surface area contributed by atoms with Gasteiger partial charge in [-0.1, -0.05) is 35.3 Å². The minimum Gasteiger partial charge on any atom is -0.493 e. The fourth-order valence-corrected chi connectivity index (χ4v) is 4.09. The molecule has 0 atom stereocenters. The highest BCUT2D eigenvalue weighted by Crippen LogP contribution is 2.28. The first-order valence-corrected chi connectivity index (χ1v) is 12.0. The van der Waals surface area contributed by atoms with Crippen LogP contribution in [0.25, 0.3) is 11.3 Å². The molecule has 0 fully saturated rings. The first kappa shape index (κ1) is 23.8. The van der Waals surface area contributed by atoms with Crippen LogP contribution in [-0.2, 0) is 0 Å². The maximum Gasteiger partial charge on any atom is 0.271 e. The summed E-state index contributed by atoms with van der Waals surface area (Å²) >= 11 is 13.5. The molecule has 1 aromatic heterocycles. The Kier molecular flexibility index (Phi) is 7.80. The van der Waals surface area contributed by atoms with Crippen molar-refractivity contribution in [3.63, 3.8) is 0 Å². The largest absolute Gasteiger partial charge is 0.493 e. The standard InChI is InChI=1S/C25H20Cl2N4O2S/c1-2-33-23-12-9-20(27)13-18(23)14-28-31-24(32)17-5-3-16(4-6-17)22-15-34-25(30-22)29-21-10-7-19(26)8-11-21/h3-15H,2H2,1H3,(H,29,30)(H,31,32)/b28-14+. The highest BCUT2D eigenvalue weighted by Gasteiger charge is 2.09. The number of rotatable bonds is 8. The normalized spacial score (nSPS) is 10.9. The lowest BCUT2D eigenvalue weighted by atomic mass is 10.1. The molecule has 9 heteroatoms. The van der Waals surface area contributed by atoms with Crippen molar-refractivity contribution >= 4 is 57.5 Å². The molecule has 6 nitrogen and oxygen atoms in total. The molecule has 0 aliphatic heterocycles. The van der Waals surface area contributed by atoms with Crippen LogP contribution in [0.15, 0.2) is 77.2 Å². The maximum absolute atomic E-state index is 12.5. The summed E-state index contributed by atoms with van der Waals surface area (Å²) in [5.41, 5.74) is 6.31. The van der Waals surface area contributed by atoms with Gasteiger partial charge in [-0.25, -0.2) is 10.4 Å². The van der Waals surface area contributed by atoms with E-state index in [1.54, 1.807) is 30.3 Å². The number of halogens is 2. The summed E-state index contributed by atoms with van der Waals surface area (Å²) in [4.78, 5) is 17.1. The lowest BCUT2D eigenvalue weighted by molar-refractivity contribution is 0.0955. The van der Waals surface area contributed by atoms with Crippen molar-refractivity contribution in [3.8, 4) is 17.0 Å². The second-order valence-corrected chi connectivity index (χ2v) is 8.79. The van der Waals surface area contributed by atoms with Crippen LogP contribution in [0.5, 0.6) is 5.75 Å². The van der Waals surface area contributed by atoms with Crippen molar-refractivity contribution in [2.45, 2.75) is 6.92 Å². The molecule has 0 saturated carbocycles. The van der Waals surface area contributed by atoms with Crippen molar-refractivity contribution in [1.82, 2.24) is 10.4 Å². The van der Waals surface area contributed by atoms with E-state index in [1.807, 2.05) is 48.7 Å². The lowest BCUT2D eigenvalue weighted by Crippen LogP contribution is -2.17. The number of hydrazone groups is 1. The SMILES string of the molecule is CCOc1ccc(Cl)cc1/C=N/NC(=O)c1ccc(-c2csc(Nc3ccc(Cl)cc3)n2)cc1. The number of carbonyl (C=O) groups excluding carboxylic acids is 1. The van der Waals surface area contributed by atoms with Gasteiger partial charge >= 0.3 is 0 Å². The van der Waals surface area contributed by atoms with Crippen molar-refractivity contribution in [1.29, 1.82) is 0 Å². The molecular formula is C25H20Cl2N4O2S. The van der Waals surface area contributed by atoms with E-state index in [9.17, 15) is 4.79 Å². The Balaban J connectivity index is 1.38. The van der Waals surface area contributed by atoms with Gasteiger partial charge < -0.3 is 10.1 Å². The van der Waals surface area contributed by atoms with Gasteiger partial charge in [-0.15, -0.1) is 11.3 Å². The van der Waals surface area contributed by atoms with Crippen LogP contribution in [0.2, 0.25) is 10.0 Å². The molecule has 0 aliphatic carbocycles. The van der Waals surface area contributed by atoms with Crippen molar-refractivity contribution in [2.75, 3.05) is 11.9 Å². The number of hydrogen-bond donors (Lipinski definition) is 2. The number of benzene rings is 3. The Hall–Kier alpha value is -3.39. The van der Waals surface area contributed by atoms with E-state index >= 15 is 0 Å². The number of ether oxygens (including phenoxy) is 1. The third-order valence-corrected chi connectivity index (χ3v) is 5.93. The van der Waals surface area contributed by atoms with Gasteiger partial charge in [-0.05, 0) is 61.5 Å². The molecule has 34 heavy (non-hydrogen) atoms. The molecule has 0 unspecified atom stereocenters. The van der Waals surface area contributed by atoms with Gasteiger partial charge in [0.15, 0.2) is 5.13 Å². The smallest absolute Gasteiger partial charge is 0.271 e. The molecule has 3 aromatic carbocycles. The highest BCUT2D eigenvalue weighted by atomic mass is 35.5. The van der Waals surface area contributed by atoms with Gasteiger partial charge in [0.1, 0.15) is 5.75 Å². The first-order valence-electron chi connectivity index (χ1n) is 10.4. The van der Waals surface area contributed by atoms with Gasteiger partial charge in [-0.2, -0.15) is 5.10 Å². The number of hydrogen-bond acceptors (Lipinski definition) is 6. The molecular weight excluding hydrogens is 491 g/mol. The number of anilines is 2. The number of carbonyl (C=O) groups is 1. The Morgan fingerprint density at radius 1 is 1.06 bits per heavy atom. The van der Waals surface area contributed by atoms with Crippen LogP contribution in [0, 0.1) is 0 Å². The monoisotopic (exact) mass is 510 g/mol. The molecule has 172 valence electrons. The molecule has 4 aromatic rings. The summed E-state index contributed by atoms with van der Waals surface area (Å²) < 4.78 is 5.55. The van der Waals surface area contributed by atoms with Crippen LogP contribution >= 0.6 is 34.5 Å². The lowest BCUT2D eigenvalue weighted by Gasteiger charge is -2.07. The van der Waals surface area contributed by atoms with Crippen LogP contribution in [-0.4, -0.2) is 23.7 Å². The van der Waals surface area contributed by atoms with Gasteiger partial charge in [0.2, 0.25) is 0 Å². The molecule has 1 heterocycles. The predicted molar refractivity (Wildman–Crippen MR) is 140 cm³/mol. The average Bonchev–Trinajstić information content (AvgIpc) is 3.31. The number of amides is 1. The third-order valence-electron chi connectivity index (χ3n) is 4.68. The van der Waals surface area contributed by atoms with E-state index in [1.165, 1.54) is 17.6 Å². The number of thiazole rings is 1. The summed E-state index contributed by atoms with van der Waals surface area (Å²) in [5.74, 6) is 0.314. The van der Waals surface area contributed by atoms with Crippen LogP contribution < -0.4 is 15.5 Å². The molecule has 0 spiro atoms. The summed E-state index contributed by atoms with van der Waals surface area (Å²) in [6.07, 6.45) is 1.51. The molecule has 0 radical (unpaired) electrons. The molecule has 4 rings (SSSR count). The summed E-state index contributed by atoms with van der Waals surface area (Å²) in [6, 6.07) is 19.8. The minimum atomic E-state index is -0.328. The van der Waals surface area contributed by atoms with E-state index in [2.05, 4.69) is 20.8 Å². The molecule has 2 N–H and O–H groups in total. The van der Waals surface area contributed by atoms with Crippen molar-refractivity contribution < 1.29 is 9.53 Å². The Bertz CT molecular complexity index is 1310. The summed E-state index contributed by atoms with van der Waals surface area (Å²) in [7, 11) is 0. The second-order valence-electron chi connectivity index (χ2n) is 7.06. The van der Waals surface area contributed by atoms with Gasteiger partial charge in [-0.3, -0.25) is 4.79 Å². The number of nitrogens with zero attached hydrogens (tertiary/aromatic N) is 2. The fraction of sp³-hybridized carbons (Fsp3) is 0.0800. The van der Waals surface area contributed by atoms with Gasteiger partial charge in [0.05, 0.1) is 18.5 Å². The molecule has 0 saturated heterocycles.